The van der Waals surface area contributed by atoms with Gasteiger partial charge in [-0.2, -0.15) is 0 Å². The summed E-state index contributed by atoms with van der Waals surface area (Å²) in [6, 6.07) is 4.41. The fourth-order valence-electron chi connectivity index (χ4n) is 1.21. The molecule has 0 radical (unpaired) electrons. The highest BCUT2D eigenvalue weighted by molar-refractivity contribution is 5.58. The molecule has 0 bridgehead atoms. The van der Waals surface area contributed by atoms with Gasteiger partial charge in [-0.25, -0.2) is 8.78 Å². The van der Waals surface area contributed by atoms with E-state index in [2.05, 4.69) is 5.32 Å². The lowest BCUT2D eigenvalue weighted by Crippen LogP contribution is -2.09. The van der Waals surface area contributed by atoms with Crippen LogP contribution in [-0.2, 0) is 4.74 Å². The minimum Gasteiger partial charge on any atom is -0.399 e. The third-order valence-electron chi connectivity index (χ3n) is 1.93. The second-order valence-electron chi connectivity index (χ2n) is 3.07. The van der Waals surface area contributed by atoms with Crippen LogP contribution in [0.2, 0.25) is 0 Å². The van der Waals surface area contributed by atoms with Crippen molar-refractivity contribution in [2.45, 2.75) is 6.43 Å². The Hall–Kier alpha value is -1.36. The van der Waals surface area contributed by atoms with Gasteiger partial charge in [0.2, 0.25) is 0 Å². The Bertz CT molecular complexity index is 318. The molecule has 0 aliphatic rings. The first-order chi connectivity index (χ1) is 7.15. The number of nitrogens with one attached hydrogen (secondary N) is 1. The zero-order valence-corrected chi connectivity index (χ0v) is 8.47. The first-order valence-electron chi connectivity index (χ1n) is 4.55. The highest BCUT2D eigenvalue weighted by atomic mass is 19.3. The standard InChI is InChI=1S/C10H14F2N2O/c1-15-5-4-14-9-3-2-7(13)6-8(9)10(11)12/h2-3,6,10,14H,4-5,13H2,1H3. The minimum atomic E-state index is -2.53. The average molecular weight is 216 g/mol. The third kappa shape index (κ3) is 3.36. The van der Waals surface area contributed by atoms with Gasteiger partial charge in [-0.1, -0.05) is 0 Å². The van der Waals surface area contributed by atoms with Crippen LogP contribution in [0.15, 0.2) is 18.2 Å². The number of hydrogen-bond acceptors (Lipinski definition) is 3. The molecule has 0 aromatic heterocycles. The predicted molar refractivity (Wildman–Crippen MR) is 56.2 cm³/mol. The summed E-state index contributed by atoms with van der Waals surface area (Å²) in [4.78, 5) is 0. The Morgan fingerprint density at radius 3 is 2.80 bits per heavy atom. The number of hydrogen-bond donors (Lipinski definition) is 2. The van der Waals surface area contributed by atoms with Crippen LogP contribution in [0.3, 0.4) is 0 Å². The monoisotopic (exact) mass is 216 g/mol. The van der Waals surface area contributed by atoms with E-state index in [9.17, 15) is 8.78 Å². The van der Waals surface area contributed by atoms with Crippen molar-refractivity contribution in [3.63, 3.8) is 0 Å². The van der Waals surface area contributed by atoms with Crippen LogP contribution in [0, 0.1) is 0 Å². The van der Waals surface area contributed by atoms with Crippen LogP contribution in [0.4, 0.5) is 20.2 Å². The van der Waals surface area contributed by atoms with Crippen molar-refractivity contribution in [3.05, 3.63) is 23.8 Å². The van der Waals surface area contributed by atoms with Gasteiger partial charge in [0.1, 0.15) is 0 Å². The second-order valence-corrected chi connectivity index (χ2v) is 3.07. The average Bonchev–Trinajstić information content (AvgIpc) is 2.20. The molecule has 15 heavy (non-hydrogen) atoms. The maximum absolute atomic E-state index is 12.6. The number of nitrogen functional groups attached to an aromatic ring is 1. The number of anilines is 2. The maximum Gasteiger partial charge on any atom is 0.265 e. The van der Waals surface area contributed by atoms with Crippen molar-refractivity contribution in [2.75, 3.05) is 31.3 Å². The molecule has 0 unspecified atom stereocenters. The molecule has 0 amide bonds. The summed E-state index contributed by atoms with van der Waals surface area (Å²) in [5.74, 6) is 0. The smallest absolute Gasteiger partial charge is 0.265 e. The van der Waals surface area contributed by atoms with Crippen LogP contribution >= 0.6 is 0 Å². The molecule has 0 fully saturated rings. The first kappa shape index (κ1) is 11.7. The Labute approximate surface area is 87.2 Å². The Morgan fingerprint density at radius 1 is 1.47 bits per heavy atom. The number of ether oxygens (including phenoxy) is 1. The van der Waals surface area contributed by atoms with Gasteiger partial charge in [-0.05, 0) is 18.2 Å². The summed E-state index contributed by atoms with van der Waals surface area (Å²) in [5.41, 5.74) is 6.09. The van der Waals surface area contributed by atoms with Crippen LogP contribution < -0.4 is 11.1 Å². The summed E-state index contributed by atoms with van der Waals surface area (Å²) >= 11 is 0. The minimum absolute atomic E-state index is 0.0777. The Morgan fingerprint density at radius 2 is 2.20 bits per heavy atom. The molecule has 0 atom stereocenters. The predicted octanol–water partition coefficient (Wildman–Crippen LogP) is 2.26. The summed E-state index contributed by atoms with van der Waals surface area (Å²) in [6.45, 7) is 0.952. The van der Waals surface area contributed by atoms with E-state index in [1.165, 1.54) is 6.07 Å². The van der Waals surface area contributed by atoms with Crippen LogP contribution in [0.5, 0.6) is 0 Å². The highest BCUT2D eigenvalue weighted by Crippen LogP contribution is 2.28. The van der Waals surface area contributed by atoms with Crippen LogP contribution in [0.25, 0.3) is 0 Å². The molecule has 3 N–H and O–H groups in total. The van der Waals surface area contributed by atoms with Crippen molar-refractivity contribution < 1.29 is 13.5 Å². The number of methoxy groups -OCH3 is 1. The van der Waals surface area contributed by atoms with E-state index in [0.717, 1.165) is 0 Å². The van der Waals surface area contributed by atoms with Gasteiger partial charge in [-0.3, -0.25) is 0 Å². The van der Waals surface area contributed by atoms with Gasteiger partial charge in [-0.15, -0.1) is 0 Å². The number of halogens is 2. The van der Waals surface area contributed by atoms with Crippen molar-refractivity contribution in [1.29, 1.82) is 0 Å². The van der Waals surface area contributed by atoms with Crippen molar-refractivity contribution in [2.24, 2.45) is 0 Å². The van der Waals surface area contributed by atoms with Gasteiger partial charge in [0.15, 0.2) is 0 Å². The fraction of sp³-hybridized carbons (Fsp3) is 0.400. The lowest BCUT2D eigenvalue weighted by molar-refractivity contribution is 0.152. The summed E-state index contributed by atoms with van der Waals surface area (Å²) < 4.78 is 30.0. The van der Waals surface area contributed by atoms with Crippen molar-refractivity contribution in [1.82, 2.24) is 0 Å². The van der Waals surface area contributed by atoms with Gasteiger partial charge in [0.25, 0.3) is 6.43 Å². The van der Waals surface area contributed by atoms with Crippen molar-refractivity contribution >= 4 is 11.4 Å². The van der Waals surface area contributed by atoms with E-state index >= 15 is 0 Å². The molecule has 0 saturated heterocycles. The highest BCUT2D eigenvalue weighted by Gasteiger charge is 2.12. The van der Waals surface area contributed by atoms with Gasteiger partial charge < -0.3 is 15.8 Å². The van der Waals surface area contributed by atoms with E-state index in [4.69, 9.17) is 10.5 Å². The third-order valence-corrected chi connectivity index (χ3v) is 1.93. The van der Waals surface area contributed by atoms with E-state index in [0.29, 0.717) is 24.5 Å². The summed E-state index contributed by atoms with van der Waals surface area (Å²) in [6.07, 6.45) is -2.53. The molecule has 0 aliphatic carbocycles. The SMILES string of the molecule is COCCNc1ccc(N)cc1C(F)F. The van der Waals surface area contributed by atoms with Gasteiger partial charge in [0.05, 0.1) is 6.61 Å². The largest absolute Gasteiger partial charge is 0.399 e. The zero-order chi connectivity index (χ0) is 11.3. The Balaban J connectivity index is 2.77. The molecular weight excluding hydrogens is 202 g/mol. The van der Waals surface area contributed by atoms with Gasteiger partial charge >= 0.3 is 0 Å². The van der Waals surface area contributed by atoms with Crippen molar-refractivity contribution in [3.8, 4) is 0 Å². The lowest BCUT2D eigenvalue weighted by atomic mass is 10.1. The lowest BCUT2D eigenvalue weighted by Gasteiger charge is -2.11. The molecule has 1 aromatic rings. The maximum atomic E-state index is 12.6. The topological polar surface area (TPSA) is 47.3 Å². The Kier molecular flexibility index (Phi) is 4.30. The second kappa shape index (κ2) is 5.50. The fourth-order valence-corrected chi connectivity index (χ4v) is 1.21. The van der Waals surface area contributed by atoms with Crippen LogP contribution in [-0.4, -0.2) is 20.3 Å². The van der Waals surface area contributed by atoms with E-state index in [1.54, 1.807) is 19.2 Å². The van der Waals surface area contributed by atoms with Crippen LogP contribution in [0.1, 0.15) is 12.0 Å². The number of alkyl halides is 2. The van der Waals surface area contributed by atoms with E-state index in [1.807, 2.05) is 0 Å². The number of benzene rings is 1. The first-order valence-corrected chi connectivity index (χ1v) is 4.55. The number of nitrogens with two attached hydrogens (primary N) is 1. The molecule has 3 nitrogen and oxygen atoms in total. The van der Waals surface area contributed by atoms with E-state index in [-0.39, 0.29) is 5.56 Å². The molecule has 1 aromatic carbocycles. The summed E-state index contributed by atoms with van der Waals surface area (Å²) in [5, 5.41) is 2.86. The quantitative estimate of drug-likeness (QED) is 0.586. The van der Waals surface area contributed by atoms with Gasteiger partial charge in [0, 0.05) is 30.6 Å². The molecule has 0 spiro atoms. The number of rotatable bonds is 5. The normalized spacial score (nSPS) is 10.7. The molecule has 1 rings (SSSR count). The molecule has 5 heteroatoms. The van der Waals surface area contributed by atoms with E-state index < -0.39 is 6.43 Å². The molecule has 0 saturated carbocycles. The molecule has 84 valence electrons. The molecule has 0 heterocycles. The zero-order valence-electron chi connectivity index (χ0n) is 8.47. The molecular formula is C10H14F2N2O. The summed E-state index contributed by atoms with van der Waals surface area (Å²) in [7, 11) is 1.55. The molecule has 0 aliphatic heterocycles.